The number of rotatable bonds is 7. The second kappa shape index (κ2) is 7.89. The first-order valence-corrected chi connectivity index (χ1v) is 11.1. The largest absolute Gasteiger partial charge is 0.370 e. The van der Waals surface area contributed by atoms with E-state index in [0.29, 0.717) is 6.61 Å². The molecule has 150 valence electrons. The lowest BCUT2D eigenvalue weighted by Gasteiger charge is -2.30. The quantitative estimate of drug-likeness (QED) is 0.597. The molecule has 0 spiro atoms. The molecule has 2 N–H and O–H groups in total. The summed E-state index contributed by atoms with van der Waals surface area (Å²) >= 11 is 1.69. The van der Waals surface area contributed by atoms with Crippen LogP contribution in [0.25, 0.3) is 20.4 Å². The van der Waals surface area contributed by atoms with Crippen molar-refractivity contribution in [1.82, 2.24) is 15.0 Å². The Balaban J connectivity index is 1.59. The third-order valence-corrected chi connectivity index (χ3v) is 6.72. The molecular weight excluding hydrogens is 370 g/mol. The number of nitrogens with zero attached hydrogens (tertiary/aromatic N) is 3. The molecule has 0 bridgehead atoms. The molecule has 0 aliphatic carbocycles. The zero-order valence-corrected chi connectivity index (χ0v) is 18.1. The summed E-state index contributed by atoms with van der Waals surface area (Å²) in [4.78, 5) is 16.7. The molecule has 3 aromatic rings. The number of nitrogens with one attached hydrogen (secondary N) is 2. The third-order valence-electron chi connectivity index (χ3n) is 5.62. The third kappa shape index (κ3) is 3.83. The van der Waals surface area contributed by atoms with Gasteiger partial charge in [-0.3, -0.25) is 0 Å². The van der Waals surface area contributed by atoms with E-state index in [0.717, 1.165) is 51.3 Å². The summed E-state index contributed by atoms with van der Waals surface area (Å²) in [6, 6.07) is 2.21. The summed E-state index contributed by atoms with van der Waals surface area (Å²) in [7, 11) is 0. The molecule has 0 saturated heterocycles. The molecule has 1 aliphatic rings. The van der Waals surface area contributed by atoms with Gasteiger partial charge in [-0.2, -0.15) is 0 Å². The van der Waals surface area contributed by atoms with E-state index in [1.165, 1.54) is 25.2 Å². The van der Waals surface area contributed by atoms with Crippen LogP contribution in [0.15, 0.2) is 12.4 Å². The molecule has 0 saturated carbocycles. The Bertz CT molecular complexity index is 980. The van der Waals surface area contributed by atoms with E-state index in [1.807, 2.05) is 0 Å². The topological polar surface area (TPSA) is 64.4 Å². The Morgan fingerprint density at radius 1 is 1.25 bits per heavy atom. The molecule has 7 heteroatoms. The lowest BCUT2D eigenvalue weighted by atomic mass is 9.95. The monoisotopic (exact) mass is 400 g/mol. The lowest BCUT2D eigenvalue weighted by molar-refractivity contribution is -0.896. The fraction of sp³-hybridized carbons (Fsp3) is 0.571. The number of hydrogen-bond donors (Lipinski definition) is 2. The van der Waals surface area contributed by atoms with Gasteiger partial charge in [-0.05, 0) is 33.8 Å². The molecule has 0 atom stereocenters. The van der Waals surface area contributed by atoms with Gasteiger partial charge in [0.1, 0.15) is 17.0 Å². The molecule has 0 aromatic carbocycles. The highest BCUT2D eigenvalue weighted by atomic mass is 32.1. The van der Waals surface area contributed by atoms with Crippen molar-refractivity contribution in [3.05, 3.63) is 23.7 Å². The zero-order chi connectivity index (χ0) is 19.7. The fourth-order valence-electron chi connectivity index (χ4n) is 3.86. The van der Waals surface area contributed by atoms with Crippen molar-refractivity contribution in [2.24, 2.45) is 0 Å². The summed E-state index contributed by atoms with van der Waals surface area (Å²) in [6.07, 6.45) is 3.63. The Hall–Kier alpha value is -1.83. The molecule has 1 aliphatic heterocycles. The SMILES string of the molecule is CC[NH+](CC)CCCNc1ncnc2c1sc1nc3c(cc12)COC(C)(C)C3. The maximum absolute atomic E-state index is 5.97. The number of anilines is 1. The van der Waals surface area contributed by atoms with E-state index in [2.05, 4.69) is 49.0 Å². The molecule has 4 rings (SSSR count). The average Bonchev–Trinajstić information content (AvgIpc) is 3.04. The van der Waals surface area contributed by atoms with Crippen molar-refractivity contribution in [2.45, 2.75) is 52.7 Å². The second-order valence-electron chi connectivity index (χ2n) is 8.16. The van der Waals surface area contributed by atoms with Gasteiger partial charge in [0.2, 0.25) is 0 Å². The minimum Gasteiger partial charge on any atom is -0.370 e. The van der Waals surface area contributed by atoms with Crippen molar-refractivity contribution in [3.8, 4) is 0 Å². The number of ether oxygens (including phenoxy) is 1. The van der Waals surface area contributed by atoms with E-state index in [4.69, 9.17) is 9.72 Å². The van der Waals surface area contributed by atoms with Gasteiger partial charge in [-0.15, -0.1) is 11.3 Å². The molecule has 4 heterocycles. The van der Waals surface area contributed by atoms with Crippen LogP contribution in [0, 0.1) is 0 Å². The molecule has 6 nitrogen and oxygen atoms in total. The molecule has 0 radical (unpaired) electrons. The van der Waals surface area contributed by atoms with E-state index >= 15 is 0 Å². The maximum atomic E-state index is 5.97. The lowest BCUT2D eigenvalue weighted by Crippen LogP contribution is -3.11. The van der Waals surface area contributed by atoms with Crippen LogP contribution in [0.1, 0.15) is 45.4 Å². The first kappa shape index (κ1) is 19.5. The van der Waals surface area contributed by atoms with Crippen LogP contribution < -0.4 is 10.2 Å². The molecule has 0 fully saturated rings. The van der Waals surface area contributed by atoms with Gasteiger partial charge in [-0.25, -0.2) is 15.0 Å². The van der Waals surface area contributed by atoms with Crippen LogP contribution in [-0.2, 0) is 17.8 Å². The highest BCUT2D eigenvalue weighted by Gasteiger charge is 2.28. The average molecular weight is 401 g/mol. The molecule has 3 aromatic heterocycles. The number of pyridine rings is 1. The van der Waals surface area contributed by atoms with Crippen LogP contribution in [0.3, 0.4) is 0 Å². The summed E-state index contributed by atoms with van der Waals surface area (Å²) in [6.45, 7) is 13.8. The smallest absolute Gasteiger partial charge is 0.147 e. The second-order valence-corrected chi connectivity index (χ2v) is 9.16. The van der Waals surface area contributed by atoms with Gasteiger partial charge in [0, 0.05) is 30.3 Å². The van der Waals surface area contributed by atoms with E-state index in [1.54, 1.807) is 22.6 Å². The van der Waals surface area contributed by atoms with Gasteiger partial charge in [0.15, 0.2) is 0 Å². The minimum atomic E-state index is -0.149. The van der Waals surface area contributed by atoms with Crippen molar-refractivity contribution in [2.75, 3.05) is 31.5 Å². The highest BCUT2D eigenvalue weighted by Crippen LogP contribution is 2.37. The predicted molar refractivity (Wildman–Crippen MR) is 115 cm³/mol. The molecular formula is C21H30N5OS+. The van der Waals surface area contributed by atoms with E-state index in [-0.39, 0.29) is 5.60 Å². The van der Waals surface area contributed by atoms with Gasteiger partial charge >= 0.3 is 0 Å². The van der Waals surface area contributed by atoms with E-state index in [9.17, 15) is 0 Å². The molecule has 28 heavy (non-hydrogen) atoms. The van der Waals surface area contributed by atoms with Gasteiger partial charge in [0.25, 0.3) is 0 Å². The number of aromatic nitrogens is 3. The number of fused-ring (bicyclic) bond motifs is 4. The summed E-state index contributed by atoms with van der Waals surface area (Å²) in [5, 5.41) is 4.64. The van der Waals surface area contributed by atoms with Gasteiger partial charge < -0.3 is 15.0 Å². The first-order chi connectivity index (χ1) is 13.5. The Kier molecular flexibility index (Phi) is 5.49. The van der Waals surface area contributed by atoms with Crippen LogP contribution in [0.5, 0.6) is 0 Å². The predicted octanol–water partition coefficient (Wildman–Crippen LogP) is 2.82. The van der Waals surface area contributed by atoms with Crippen molar-refractivity contribution >= 4 is 37.6 Å². The maximum Gasteiger partial charge on any atom is 0.147 e. The van der Waals surface area contributed by atoms with Crippen molar-refractivity contribution in [1.29, 1.82) is 0 Å². The minimum absolute atomic E-state index is 0.149. The van der Waals surface area contributed by atoms with Crippen molar-refractivity contribution < 1.29 is 9.64 Å². The Labute approximate surface area is 170 Å². The Morgan fingerprint density at radius 2 is 2.07 bits per heavy atom. The first-order valence-electron chi connectivity index (χ1n) is 10.3. The summed E-state index contributed by atoms with van der Waals surface area (Å²) < 4.78 is 7.07. The number of hydrogen-bond acceptors (Lipinski definition) is 6. The van der Waals surface area contributed by atoms with Crippen LogP contribution >= 0.6 is 11.3 Å². The zero-order valence-electron chi connectivity index (χ0n) is 17.3. The summed E-state index contributed by atoms with van der Waals surface area (Å²) in [5.41, 5.74) is 3.18. The normalized spacial score (nSPS) is 16.0. The highest BCUT2D eigenvalue weighted by molar-refractivity contribution is 7.25. The van der Waals surface area contributed by atoms with Gasteiger partial charge in [-0.1, -0.05) is 0 Å². The fourth-order valence-corrected chi connectivity index (χ4v) is 4.96. The van der Waals surface area contributed by atoms with Crippen LogP contribution in [0.2, 0.25) is 0 Å². The number of thiophene rings is 1. The Morgan fingerprint density at radius 3 is 2.86 bits per heavy atom. The van der Waals surface area contributed by atoms with Crippen LogP contribution in [-0.4, -0.2) is 46.7 Å². The molecule has 0 amide bonds. The number of quaternary nitrogens is 1. The van der Waals surface area contributed by atoms with Gasteiger partial charge in [0.05, 0.1) is 47.8 Å². The van der Waals surface area contributed by atoms with Crippen LogP contribution in [0.4, 0.5) is 5.82 Å². The molecule has 0 unspecified atom stereocenters. The van der Waals surface area contributed by atoms with Crippen molar-refractivity contribution in [3.63, 3.8) is 0 Å². The standard InChI is InChI=1S/C21H29N5OS/c1-5-26(6-2)9-7-8-22-19-18-17(23-13-24-19)15-10-14-12-27-21(3,4)11-16(14)25-20(15)28-18/h10,13H,5-9,11-12H2,1-4H3,(H,22,23,24)/p+1. The van der Waals surface area contributed by atoms with E-state index < -0.39 is 0 Å². The summed E-state index contributed by atoms with van der Waals surface area (Å²) in [5.74, 6) is 0.928.